The van der Waals surface area contributed by atoms with Gasteiger partial charge in [0.1, 0.15) is 0 Å². The van der Waals surface area contributed by atoms with E-state index < -0.39 is 24.0 Å². The lowest BCUT2D eigenvalue weighted by Gasteiger charge is -2.46. The van der Waals surface area contributed by atoms with Crippen molar-refractivity contribution in [2.24, 2.45) is 29.1 Å². The fourth-order valence-corrected chi connectivity index (χ4v) is 7.78. The van der Waals surface area contributed by atoms with E-state index in [1.807, 2.05) is 6.92 Å². The molecule has 0 aromatic rings. The second kappa shape index (κ2) is 10.2. The molecule has 0 unspecified atom stereocenters. The molecular weight excluding hydrogens is 467 g/mol. The maximum Gasteiger partial charge on any atom is 0.417 e. The van der Waals surface area contributed by atoms with Crippen LogP contribution in [0, 0.1) is 29.1 Å². The zero-order valence-corrected chi connectivity index (χ0v) is 22.0. The number of aliphatic hydroxyl groups is 3. The highest BCUT2D eigenvalue weighted by atomic mass is 19.4. The van der Waals surface area contributed by atoms with Gasteiger partial charge < -0.3 is 20.2 Å². The van der Waals surface area contributed by atoms with Gasteiger partial charge in [0.05, 0.1) is 12.2 Å². The van der Waals surface area contributed by atoms with E-state index in [2.05, 4.69) is 37.5 Å². The minimum absolute atomic E-state index is 0.168. The predicted molar refractivity (Wildman–Crippen MR) is 135 cm³/mol. The Morgan fingerprint density at radius 1 is 1.14 bits per heavy atom. The fourth-order valence-electron chi connectivity index (χ4n) is 7.78. The van der Waals surface area contributed by atoms with Gasteiger partial charge in [-0.3, -0.25) is 0 Å². The predicted octanol–water partition coefficient (Wildman–Crippen LogP) is 5.40. The first-order valence-electron chi connectivity index (χ1n) is 13.7. The molecule has 0 amide bonds. The lowest BCUT2D eigenvalue weighted by molar-refractivity contribution is -0.272. The molecule has 4 nitrogen and oxygen atoms in total. The third-order valence-electron chi connectivity index (χ3n) is 10.3. The van der Waals surface area contributed by atoms with Crippen molar-refractivity contribution in [3.8, 4) is 0 Å². The quantitative estimate of drug-likeness (QED) is 0.473. The zero-order valence-electron chi connectivity index (χ0n) is 22.0. The Hall–Kier alpha value is -1.15. The average Bonchev–Trinajstić information content (AvgIpc) is 3.17. The van der Waals surface area contributed by atoms with Crippen LogP contribution in [0.15, 0.2) is 35.5 Å². The minimum Gasteiger partial charge on any atom is -0.392 e. The Labute approximate surface area is 214 Å². The number of alkyl halides is 3. The number of likely N-dealkylation sites (tertiary alicyclic amines) is 1. The van der Waals surface area contributed by atoms with Crippen molar-refractivity contribution in [2.45, 2.75) is 96.1 Å². The van der Waals surface area contributed by atoms with Crippen LogP contribution in [0.2, 0.25) is 0 Å². The first-order valence-corrected chi connectivity index (χ1v) is 13.7. The smallest absolute Gasteiger partial charge is 0.392 e. The van der Waals surface area contributed by atoms with Crippen molar-refractivity contribution in [3.63, 3.8) is 0 Å². The molecule has 3 N–H and O–H groups in total. The van der Waals surface area contributed by atoms with E-state index in [1.54, 1.807) is 0 Å². The molecule has 0 bridgehead atoms. The van der Waals surface area contributed by atoms with Gasteiger partial charge in [0.2, 0.25) is 0 Å². The minimum atomic E-state index is -4.56. The van der Waals surface area contributed by atoms with Gasteiger partial charge in [-0.1, -0.05) is 45.1 Å². The number of piperidine rings is 1. The highest BCUT2D eigenvalue weighted by Gasteiger charge is 2.55. The molecule has 204 valence electrons. The summed E-state index contributed by atoms with van der Waals surface area (Å²) in [5.41, 5.74) is 0.707. The number of rotatable bonds is 4. The largest absolute Gasteiger partial charge is 0.417 e. The Balaban J connectivity index is 1.42. The summed E-state index contributed by atoms with van der Waals surface area (Å²) in [6, 6.07) is 0. The number of fused-ring (bicyclic) bond motifs is 1. The molecule has 1 heterocycles. The van der Waals surface area contributed by atoms with Crippen LogP contribution in [-0.4, -0.2) is 63.8 Å². The second-order valence-electron chi connectivity index (χ2n) is 12.4. The van der Waals surface area contributed by atoms with Crippen LogP contribution in [0.4, 0.5) is 13.2 Å². The summed E-state index contributed by atoms with van der Waals surface area (Å²) in [5.74, 6) is 1.16. The van der Waals surface area contributed by atoms with E-state index in [-0.39, 0.29) is 37.3 Å². The number of nitrogens with zero attached hydrogens (tertiary/aromatic N) is 1. The molecule has 1 aliphatic heterocycles. The van der Waals surface area contributed by atoms with Crippen LogP contribution in [0.1, 0.15) is 72.1 Å². The molecule has 0 spiro atoms. The summed E-state index contributed by atoms with van der Waals surface area (Å²) in [5, 5.41) is 30.7. The van der Waals surface area contributed by atoms with Crippen LogP contribution in [0.25, 0.3) is 0 Å². The second-order valence-corrected chi connectivity index (χ2v) is 12.4. The van der Waals surface area contributed by atoms with Crippen molar-refractivity contribution < 1.29 is 28.5 Å². The van der Waals surface area contributed by atoms with Gasteiger partial charge in [-0.2, -0.15) is 13.2 Å². The Kier molecular flexibility index (Phi) is 7.90. The molecule has 3 saturated carbocycles. The maximum atomic E-state index is 13.2. The average molecular weight is 512 g/mol. The van der Waals surface area contributed by atoms with E-state index >= 15 is 0 Å². The summed E-state index contributed by atoms with van der Waals surface area (Å²) in [6.07, 6.45) is 4.05. The number of allylic oxidation sites excluding steroid dienone is 3. The van der Waals surface area contributed by atoms with Gasteiger partial charge in [-0.25, -0.2) is 0 Å². The van der Waals surface area contributed by atoms with Gasteiger partial charge in [0, 0.05) is 25.6 Å². The highest BCUT2D eigenvalue weighted by molar-refractivity contribution is 5.39. The van der Waals surface area contributed by atoms with Crippen LogP contribution >= 0.6 is 0 Å². The van der Waals surface area contributed by atoms with E-state index in [4.69, 9.17) is 0 Å². The van der Waals surface area contributed by atoms with Gasteiger partial charge in [0.15, 0.2) is 5.60 Å². The van der Waals surface area contributed by atoms with E-state index in [0.717, 1.165) is 44.2 Å². The SMILES string of the molecule is C=C1/C(=C\C=C2/CCC[C@]3(C)[C@@H]([C@H](C)CN4CCC(O)(C(F)(F)F)CC4)CC[C@@H]23)C[C@@H](O)[C@H](C)[C@@H]1O. The normalized spacial score (nSPS) is 41.0. The lowest BCUT2D eigenvalue weighted by atomic mass is 9.61. The number of hydrogen-bond donors (Lipinski definition) is 3. The Morgan fingerprint density at radius 2 is 1.81 bits per heavy atom. The van der Waals surface area contributed by atoms with Crippen molar-refractivity contribution in [3.05, 3.63) is 35.5 Å². The highest BCUT2D eigenvalue weighted by Crippen LogP contribution is 2.59. The Bertz CT molecular complexity index is 889. The van der Waals surface area contributed by atoms with Crippen molar-refractivity contribution in [1.82, 2.24) is 4.90 Å². The molecule has 0 radical (unpaired) electrons. The molecule has 0 aromatic carbocycles. The summed E-state index contributed by atoms with van der Waals surface area (Å²) < 4.78 is 39.6. The topological polar surface area (TPSA) is 63.9 Å². The molecule has 4 rings (SSSR count). The molecule has 7 atom stereocenters. The number of hydrogen-bond acceptors (Lipinski definition) is 4. The molecule has 3 aliphatic carbocycles. The monoisotopic (exact) mass is 511 g/mol. The van der Waals surface area contributed by atoms with Gasteiger partial charge >= 0.3 is 6.18 Å². The number of aliphatic hydroxyl groups excluding tert-OH is 2. The maximum absolute atomic E-state index is 13.2. The van der Waals surface area contributed by atoms with Gasteiger partial charge in [0.25, 0.3) is 0 Å². The molecule has 0 aromatic heterocycles. The standard InChI is InChI=1S/C29H44F3NO3/c1-18(17-33-14-12-28(36,13-15-33)29(30,31)32)23-9-10-24-21(6-5-11-27(23,24)4)7-8-22-16-25(34)20(3)26(35)19(22)2/h7-8,18,20,23-26,34-36H,2,5-6,9-17H2,1,3-4H3/b21-7+,22-8-/t18-,20+,23-,24+,25-,26-,27-/m1/s1. The van der Waals surface area contributed by atoms with Crippen LogP contribution < -0.4 is 0 Å². The van der Waals surface area contributed by atoms with Crippen molar-refractivity contribution >= 4 is 0 Å². The lowest BCUT2D eigenvalue weighted by Crippen LogP contribution is -2.54. The van der Waals surface area contributed by atoms with Crippen LogP contribution in [0.5, 0.6) is 0 Å². The van der Waals surface area contributed by atoms with E-state index in [0.29, 0.717) is 29.7 Å². The van der Waals surface area contributed by atoms with Gasteiger partial charge in [-0.15, -0.1) is 0 Å². The van der Waals surface area contributed by atoms with Crippen molar-refractivity contribution in [2.75, 3.05) is 19.6 Å². The Morgan fingerprint density at radius 3 is 2.44 bits per heavy atom. The fraction of sp³-hybridized carbons (Fsp3) is 0.793. The summed E-state index contributed by atoms with van der Waals surface area (Å²) in [7, 11) is 0. The first kappa shape index (κ1) is 27.9. The molecule has 4 aliphatic rings. The number of halogens is 3. The van der Waals surface area contributed by atoms with E-state index in [9.17, 15) is 28.5 Å². The van der Waals surface area contributed by atoms with Crippen LogP contribution in [0.3, 0.4) is 0 Å². The summed E-state index contributed by atoms with van der Waals surface area (Å²) in [6.45, 7) is 11.9. The van der Waals surface area contributed by atoms with Crippen LogP contribution in [-0.2, 0) is 0 Å². The molecule has 7 heteroatoms. The van der Waals surface area contributed by atoms with Crippen molar-refractivity contribution in [1.29, 1.82) is 0 Å². The first-order chi connectivity index (χ1) is 16.8. The molecule has 36 heavy (non-hydrogen) atoms. The zero-order chi connectivity index (χ0) is 26.5. The van der Waals surface area contributed by atoms with E-state index in [1.165, 1.54) is 5.57 Å². The summed E-state index contributed by atoms with van der Waals surface area (Å²) >= 11 is 0. The summed E-state index contributed by atoms with van der Waals surface area (Å²) in [4.78, 5) is 2.11. The third kappa shape index (κ3) is 5.10. The molecule has 4 fully saturated rings. The molecular formula is C29H44F3NO3. The molecule has 1 saturated heterocycles. The van der Waals surface area contributed by atoms with Gasteiger partial charge in [-0.05, 0) is 85.7 Å². The third-order valence-corrected chi connectivity index (χ3v) is 10.3.